The summed E-state index contributed by atoms with van der Waals surface area (Å²) >= 11 is 0. The van der Waals surface area contributed by atoms with E-state index in [1.807, 2.05) is 24.3 Å². The summed E-state index contributed by atoms with van der Waals surface area (Å²) in [5, 5.41) is 1.02. The minimum atomic E-state index is 0.312. The first-order valence-corrected chi connectivity index (χ1v) is 6.64. The molecule has 1 aromatic heterocycles. The van der Waals surface area contributed by atoms with Crippen molar-refractivity contribution in [2.75, 3.05) is 5.73 Å². The van der Waals surface area contributed by atoms with E-state index in [2.05, 4.69) is 4.98 Å². The van der Waals surface area contributed by atoms with Gasteiger partial charge >= 0.3 is 0 Å². The minimum absolute atomic E-state index is 0.312. The molecule has 0 saturated heterocycles. The number of pyridine rings is 1. The van der Waals surface area contributed by atoms with Crippen LogP contribution in [0.15, 0.2) is 30.5 Å². The molecule has 1 saturated carbocycles. The van der Waals surface area contributed by atoms with Gasteiger partial charge in [-0.2, -0.15) is 0 Å². The maximum atomic E-state index is 6.13. The molecule has 3 nitrogen and oxygen atoms in total. The van der Waals surface area contributed by atoms with Gasteiger partial charge in [0.15, 0.2) is 5.75 Å². The lowest BCUT2D eigenvalue weighted by atomic mass is 9.97. The van der Waals surface area contributed by atoms with Crippen molar-refractivity contribution in [3.8, 4) is 5.75 Å². The second-order valence-corrected chi connectivity index (χ2v) is 4.94. The number of benzene rings is 1. The number of ether oxygens (including phenoxy) is 1. The van der Waals surface area contributed by atoms with Gasteiger partial charge in [-0.3, -0.25) is 4.98 Å². The molecule has 2 N–H and O–H groups in total. The Bertz CT molecular complexity index is 547. The summed E-state index contributed by atoms with van der Waals surface area (Å²) in [6.45, 7) is 0. The normalized spacial score (nSPS) is 16.9. The maximum absolute atomic E-state index is 6.13. The van der Waals surface area contributed by atoms with Gasteiger partial charge in [0.1, 0.15) is 0 Å². The number of hydrogen-bond acceptors (Lipinski definition) is 3. The van der Waals surface area contributed by atoms with Crippen molar-refractivity contribution in [1.29, 1.82) is 0 Å². The Hall–Kier alpha value is -1.77. The van der Waals surface area contributed by atoms with Gasteiger partial charge in [0.05, 0.1) is 23.5 Å². The summed E-state index contributed by atoms with van der Waals surface area (Å²) in [7, 11) is 0. The molecule has 0 bridgehead atoms. The van der Waals surface area contributed by atoms with Crippen LogP contribution < -0.4 is 10.5 Å². The molecule has 3 rings (SSSR count). The number of nitrogens with two attached hydrogens (primary N) is 1. The zero-order valence-corrected chi connectivity index (χ0v) is 10.4. The average molecular weight is 242 g/mol. The number of rotatable bonds is 2. The highest BCUT2D eigenvalue weighted by Gasteiger charge is 2.17. The van der Waals surface area contributed by atoms with Crippen LogP contribution in [0.1, 0.15) is 32.1 Å². The molecule has 0 unspecified atom stereocenters. The summed E-state index contributed by atoms with van der Waals surface area (Å²) < 4.78 is 6.13. The Labute approximate surface area is 107 Å². The predicted octanol–water partition coefficient (Wildman–Crippen LogP) is 3.53. The molecule has 3 heteroatoms. The van der Waals surface area contributed by atoms with E-state index in [0.29, 0.717) is 11.8 Å². The molecule has 0 aliphatic heterocycles. The zero-order valence-electron chi connectivity index (χ0n) is 10.4. The molecule has 0 radical (unpaired) electrons. The summed E-state index contributed by atoms with van der Waals surface area (Å²) in [6, 6.07) is 7.99. The molecule has 18 heavy (non-hydrogen) atoms. The fourth-order valence-corrected chi connectivity index (χ4v) is 2.61. The molecule has 1 aliphatic carbocycles. The van der Waals surface area contributed by atoms with Crippen LogP contribution in [0.4, 0.5) is 5.69 Å². The van der Waals surface area contributed by atoms with E-state index >= 15 is 0 Å². The lowest BCUT2D eigenvalue weighted by Crippen LogP contribution is -2.20. The Balaban J connectivity index is 1.96. The first kappa shape index (κ1) is 11.3. The summed E-state index contributed by atoms with van der Waals surface area (Å²) in [6.07, 6.45) is 8.12. The highest BCUT2D eigenvalue weighted by Crippen LogP contribution is 2.33. The highest BCUT2D eigenvalue weighted by molar-refractivity contribution is 5.89. The number of fused-ring (bicyclic) bond motifs is 1. The third kappa shape index (κ3) is 2.13. The molecule has 1 aromatic carbocycles. The van der Waals surface area contributed by atoms with E-state index in [-0.39, 0.29) is 0 Å². The predicted molar refractivity (Wildman–Crippen MR) is 73.7 cm³/mol. The first-order chi connectivity index (χ1) is 8.84. The van der Waals surface area contributed by atoms with Gasteiger partial charge < -0.3 is 10.5 Å². The molecule has 0 spiro atoms. The van der Waals surface area contributed by atoms with Crippen LogP contribution >= 0.6 is 0 Å². The third-order valence-corrected chi connectivity index (χ3v) is 3.59. The Morgan fingerprint density at radius 2 is 1.89 bits per heavy atom. The lowest BCUT2D eigenvalue weighted by molar-refractivity contribution is 0.158. The van der Waals surface area contributed by atoms with E-state index in [9.17, 15) is 0 Å². The smallest absolute Gasteiger partial charge is 0.153 e. The van der Waals surface area contributed by atoms with Crippen LogP contribution in [-0.2, 0) is 0 Å². The van der Waals surface area contributed by atoms with Gasteiger partial charge in [0.25, 0.3) is 0 Å². The van der Waals surface area contributed by atoms with Gasteiger partial charge in [-0.05, 0) is 37.8 Å². The van der Waals surface area contributed by atoms with Crippen molar-refractivity contribution in [1.82, 2.24) is 4.98 Å². The molecule has 2 aromatic rings. The fourth-order valence-electron chi connectivity index (χ4n) is 2.61. The van der Waals surface area contributed by atoms with E-state index in [1.54, 1.807) is 6.20 Å². The van der Waals surface area contributed by atoms with Crippen molar-refractivity contribution in [2.45, 2.75) is 38.2 Å². The number of nitrogen functional groups attached to an aromatic ring is 1. The monoisotopic (exact) mass is 242 g/mol. The van der Waals surface area contributed by atoms with Crippen LogP contribution in [0.3, 0.4) is 0 Å². The molecule has 1 aliphatic rings. The summed E-state index contributed by atoms with van der Waals surface area (Å²) in [5.41, 5.74) is 7.60. The van der Waals surface area contributed by atoms with Crippen molar-refractivity contribution >= 4 is 16.6 Å². The molecule has 1 heterocycles. The lowest BCUT2D eigenvalue weighted by Gasteiger charge is -2.24. The fraction of sp³-hybridized carbons (Fsp3) is 0.400. The number of hydrogen-bond donors (Lipinski definition) is 1. The Morgan fingerprint density at radius 3 is 2.72 bits per heavy atom. The Morgan fingerprint density at radius 1 is 1.11 bits per heavy atom. The summed E-state index contributed by atoms with van der Waals surface area (Å²) in [4.78, 5) is 4.33. The largest absolute Gasteiger partial charge is 0.487 e. The van der Waals surface area contributed by atoms with Crippen LogP contribution in [0.25, 0.3) is 10.9 Å². The van der Waals surface area contributed by atoms with E-state index in [4.69, 9.17) is 10.5 Å². The molecular weight excluding hydrogens is 224 g/mol. The second kappa shape index (κ2) is 4.84. The molecule has 0 amide bonds. The SMILES string of the molecule is Nc1cnc2ccccc2c1OC1CCCCC1. The second-order valence-electron chi connectivity index (χ2n) is 4.94. The third-order valence-electron chi connectivity index (χ3n) is 3.59. The molecule has 94 valence electrons. The van der Waals surface area contributed by atoms with Crippen LogP contribution in [0, 0.1) is 0 Å². The van der Waals surface area contributed by atoms with Gasteiger partial charge in [-0.1, -0.05) is 18.6 Å². The van der Waals surface area contributed by atoms with Crippen LogP contribution in [0.2, 0.25) is 0 Å². The van der Waals surface area contributed by atoms with Gasteiger partial charge in [0, 0.05) is 5.39 Å². The van der Waals surface area contributed by atoms with Crippen molar-refractivity contribution in [3.05, 3.63) is 30.5 Å². The molecular formula is C15H18N2O. The van der Waals surface area contributed by atoms with Crippen molar-refractivity contribution < 1.29 is 4.74 Å². The summed E-state index contributed by atoms with van der Waals surface area (Å²) in [5.74, 6) is 0.813. The topological polar surface area (TPSA) is 48.1 Å². The Kier molecular flexibility index (Phi) is 3.05. The number of para-hydroxylation sites is 1. The van der Waals surface area contributed by atoms with Crippen LogP contribution in [-0.4, -0.2) is 11.1 Å². The molecule has 1 fully saturated rings. The van der Waals surface area contributed by atoms with Gasteiger partial charge in [-0.15, -0.1) is 0 Å². The highest BCUT2D eigenvalue weighted by atomic mass is 16.5. The zero-order chi connectivity index (χ0) is 12.4. The maximum Gasteiger partial charge on any atom is 0.153 e. The number of nitrogens with zero attached hydrogens (tertiary/aromatic N) is 1. The van der Waals surface area contributed by atoms with Crippen molar-refractivity contribution in [3.63, 3.8) is 0 Å². The first-order valence-electron chi connectivity index (χ1n) is 6.64. The standard InChI is InChI=1S/C15H18N2O/c16-13-10-17-14-9-5-4-8-12(14)15(13)18-11-6-2-1-3-7-11/h4-5,8-11H,1-3,6-7,16H2. The minimum Gasteiger partial charge on any atom is -0.487 e. The van der Waals surface area contributed by atoms with E-state index in [0.717, 1.165) is 29.5 Å². The van der Waals surface area contributed by atoms with E-state index < -0.39 is 0 Å². The number of aromatic nitrogens is 1. The van der Waals surface area contributed by atoms with Crippen LogP contribution in [0.5, 0.6) is 5.75 Å². The van der Waals surface area contributed by atoms with Gasteiger partial charge in [-0.25, -0.2) is 0 Å². The quantitative estimate of drug-likeness (QED) is 0.876. The molecule has 0 atom stereocenters. The average Bonchev–Trinajstić information content (AvgIpc) is 2.43. The van der Waals surface area contributed by atoms with Gasteiger partial charge in [0.2, 0.25) is 0 Å². The van der Waals surface area contributed by atoms with E-state index in [1.165, 1.54) is 19.3 Å². The van der Waals surface area contributed by atoms with Crippen molar-refractivity contribution in [2.24, 2.45) is 0 Å². The number of anilines is 1.